The summed E-state index contributed by atoms with van der Waals surface area (Å²) in [6, 6.07) is 12.3. The molecule has 0 fully saturated rings. The number of nitrogens with zero attached hydrogens (tertiary/aromatic N) is 3. The normalized spacial score (nSPS) is 12.3. The van der Waals surface area contributed by atoms with Gasteiger partial charge < -0.3 is 14.8 Å². The number of alkyl halides is 3. The number of ether oxygens (including phenoxy) is 1. The first-order valence-corrected chi connectivity index (χ1v) is 11.4. The molecule has 0 aliphatic carbocycles. The van der Waals surface area contributed by atoms with E-state index in [-0.39, 0.29) is 37.0 Å². The van der Waals surface area contributed by atoms with Gasteiger partial charge in [-0.15, -0.1) is 0 Å². The quantitative estimate of drug-likeness (QED) is 0.418. The van der Waals surface area contributed by atoms with E-state index in [4.69, 9.17) is 16.3 Å². The number of rotatable bonds is 10. The highest BCUT2D eigenvalue weighted by atomic mass is 35.5. The first-order valence-electron chi connectivity index (χ1n) is 11.0. The Morgan fingerprint density at radius 2 is 1.72 bits per heavy atom. The molecule has 1 atom stereocenters. The van der Waals surface area contributed by atoms with E-state index in [1.165, 1.54) is 35.8 Å². The monoisotopic (exact) mass is 524 g/mol. The Labute approximate surface area is 209 Å². The van der Waals surface area contributed by atoms with Crippen LogP contribution in [-0.4, -0.2) is 32.2 Å². The average Bonchev–Trinajstić information content (AvgIpc) is 2.80. The van der Waals surface area contributed by atoms with Gasteiger partial charge in [-0.2, -0.15) is 18.2 Å². The third-order valence-corrected chi connectivity index (χ3v) is 5.45. The van der Waals surface area contributed by atoms with Crippen LogP contribution in [0.4, 0.5) is 24.8 Å². The fourth-order valence-electron chi connectivity index (χ4n) is 3.23. The van der Waals surface area contributed by atoms with Crippen molar-refractivity contribution in [3.05, 3.63) is 80.1 Å². The van der Waals surface area contributed by atoms with Crippen LogP contribution in [0.15, 0.2) is 58.1 Å². The average molecular weight is 525 g/mol. The molecular weight excluding hydrogens is 501 g/mol. The molecule has 1 N–H and O–H groups in total. The molecule has 1 heterocycles. The van der Waals surface area contributed by atoms with Crippen molar-refractivity contribution in [1.29, 1.82) is 0 Å². The predicted molar refractivity (Wildman–Crippen MR) is 129 cm³/mol. The molecule has 12 heteroatoms. The summed E-state index contributed by atoms with van der Waals surface area (Å²) >= 11 is 5.94. The number of hydrogen-bond acceptors (Lipinski definition) is 6. The van der Waals surface area contributed by atoms with Crippen LogP contribution in [0, 0.1) is 0 Å². The van der Waals surface area contributed by atoms with Gasteiger partial charge in [0.2, 0.25) is 5.95 Å². The van der Waals surface area contributed by atoms with Crippen molar-refractivity contribution < 1.29 is 22.7 Å². The number of aromatic nitrogens is 3. The number of carbonyl (C=O) groups excluding carboxylic acids is 1. The Bertz CT molecular complexity index is 1320. The lowest BCUT2D eigenvalue weighted by atomic mass is 10.2. The van der Waals surface area contributed by atoms with Gasteiger partial charge in [0.05, 0.1) is 6.54 Å². The number of hydrogen-bond donors (Lipinski definition) is 1. The molecule has 0 aliphatic heterocycles. The molecule has 0 aliphatic rings. The minimum Gasteiger partial charge on any atom is -0.481 e. The Hall–Kier alpha value is -3.60. The highest BCUT2D eigenvalue weighted by molar-refractivity contribution is 6.30. The number of ketones is 1. The predicted octanol–water partition coefficient (Wildman–Crippen LogP) is 4.55. The number of benzene rings is 2. The van der Waals surface area contributed by atoms with Gasteiger partial charge in [0.25, 0.3) is 0 Å². The van der Waals surface area contributed by atoms with Crippen LogP contribution < -0.4 is 21.4 Å². The van der Waals surface area contributed by atoms with Gasteiger partial charge in [0.1, 0.15) is 11.5 Å². The topological polar surface area (TPSA) is 95.2 Å². The van der Waals surface area contributed by atoms with Crippen molar-refractivity contribution in [3.63, 3.8) is 0 Å². The molecule has 8 nitrogen and oxygen atoms in total. The molecule has 3 rings (SSSR count). The zero-order valence-electron chi connectivity index (χ0n) is 19.5. The number of halogens is 4. The van der Waals surface area contributed by atoms with Crippen LogP contribution in [0.5, 0.6) is 5.75 Å². The molecule has 192 valence electrons. The van der Waals surface area contributed by atoms with Crippen LogP contribution in [0.25, 0.3) is 0 Å². The van der Waals surface area contributed by atoms with E-state index in [0.717, 1.165) is 11.5 Å². The minimum atomic E-state index is -4.51. The summed E-state index contributed by atoms with van der Waals surface area (Å²) in [4.78, 5) is 41.1. The standard InChI is InChI=1S/C24H24ClF3N4O4/c1-15(33)4-3-13-31-22(34)30-21(32(23(31)35)14-17-5-7-18(25)8-6-17)29-19-9-11-20(12-10-19)36-16(2)24(26,27)28/h5-12,16H,3-4,13-14H2,1-2H3,(H,29,30,34)/t16-/m1/s1. The van der Waals surface area contributed by atoms with Crippen LogP contribution in [0.1, 0.15) is 32.3 Å². The summed E-state index contributed by atoms with van der Waals surface area (Å²) in [5, 5.41) is 3.39. The van der Waals surface area contributed by atoms with E-state index < -0.39 is 23.7 Å². The van der Waals surface area contributed by atoms with Crippen molar-refractivity contribution in [3.8, 4) is 5.75 Å². The van der Waals surface area contributed by atoms with Gasteiger partial charge in [-0.25, -0.2) is 14.2 Å². The van der Waals surface area contributed by atoms with E-state index in [2.05, 4.69) is 10.3 Å². The largest absolute Gasteiger partial charge is 0.481 e. The van der Waals surface area contributed by atoms with E-state index in [9.17, 15) is 27.6 Å². The lowest BCUT2D eigenvalue weighted by molar-refractivity contribution is -0.189. The molecule has 0 radical (unpaired) electrons. The van der Waals surface area contributed by atoms with Gasteiger partial charge >= 0.3 is 17.6 Å². The molecule has 0 saturated carbocycles. The van der Waals surface area contributed by atoms with Gasteiger partial charge in [0.15, 0.2) is 6.10 Å². The van der Waals surface area contributed by atoms with Gasteiger partial charge in [-0.05, 0) is 62.2 Å². The summed E-state index contributed by atoms with van der Waals surface area (Å²) in [6.07, 6.45) is -5.98. The molecule has 2 aromatic carbocycles. The second kappa shape index (κ2) is 11.4. The molecule has 1 aromatic heterocycles. The first-order chi connectivity index (χ1) is 16.9. The summed E-state index contributed by atoms with van der Waals surface area (Å²) in [6.45, 7) is 2.40. The third kappa shape index (κ3) is 7.20. The van der Waals surface area contributed by atoms with Gasteiger partial charge in [0, 0.05) is 23.7 Å². The molecule has 0 spiro atoms. The number of nitrogens with one attached hydrogen (secondary N) is 1. The van der Waals surface area contributed by atoms with Crippen molar-refractivity contribution in [2.45, 2.75) is 52.1 Å². The third-order valence-electron chi connectivity index (χ3n) is 5.20. The summed E-state index contributed by atoms with van der Waals surface area (Å²) in [5.74, 6) is -0.120. The molecule has 3 aromatic rings. The maximum atomic E-state index is 13.2. The van der Waals surface area contributed by atoms with Crippen LogP contribution in [0.3, 0.4) is 0 Å². The summed E-state index contributed by atoms with van der Waals surface area (Å²) in [5.41, 5.74) is -0.343. The maximum Gasteiger partial charge on any atom is 0.425 e. The van der Waals surface area contributed by atoms with Crippen LogP contribution in [0.2, 0.25) is 5.02 Å². The second-order valence-corrected chi connectivity index (χ2v) is 8.56. The molecule has 0 unspecified atom stereocenters. The first kappa shape index (κ1) is 27.0. The van der Waals surface area contributed by atoms with Crippen molar-refractivity contribution in [2.75, 3.05) is 5.32 Å². The fourth-order valence-corrected chi connectivity index (χ4v) is 3.36. The van der Waals surface area contributed by atoms with Gasteiger partial charge in [-0.3, -0.25) is 4.57 Å². The Kier molecular flexibility index (Phi) is 8.57. The molecule has 0 bridgehead atoms. The van der Waals surface area contributed by atoms with Crippen molar-refractivity contribution in [1.82, 2.24) is 14.1 Å². The highest BCUT2D eigenvalue weighted by Crippen LogP contribution is 2.26. The Morgan fingerprint density at radius 3 is 2.31 bits per heavy atom. The molecule has 36 heavy (non-hydrogen) atoms. The fraction of sp³-hybridized carbons (Fsp3) is 0.333. The molecular formula is C24H24ClF3N4O4. The summed E-state index contributed by atoms with van der Waals surface area (Å²) < 4.78 is 45.3. The number of anilines is 2. The maximum absolute atomic E-state index is 13.2. The minimum absolute atomic E-state index is 0.00206. The van der Waals surface area contributed by atoms with E-state index in [1.54, 1.807) is 24.3 Å². The summed E-state index contributed by atoms with van der Waals surface area (Å²) in [7, 11) is 0. The second-order valence-electron chi connectivity index (χ2n) is 8.12. The molecule has 0 amide bonds. The highest BCUT2D eigenvalue weighted by Gasteiger charge is 2.38. The lowest BCUT2D eigenvalue weighted by Crippen LogP contribution is -2.42. The van der Waals surface area contributed by atoms with Crippen molar-refractivity contribution >= 4 is 29.0 Å². The smallest absolute Gasteiger partial charge is 0.425 e. The van der Waals surface area contributed by atoms with E-state index >= 15 is 0 Å². The SMILES string of the molecule is CC(=O)CCCn1c(=O)nc(Nc2ccc(O[C@H](C)C(F)(F)F)cc2)n(Cc2ccc(Cl)cc2)c1=O. The zero-order chi connectivity index (χ0) is 26.5. The van der Waals surface area contributed by atoms with Crippen LogP contribution in [-0.2, 0) is 17.9 Å². The Morgan fingerprint density at radius 1 is 1.08 bits per heavy atom. The van der Waals surface area contributed by atoms with Crippen LogP contribution >= 0.6 is 11.6 Å². The van der Waals surface area contributed by atoms with E-state index in [1.807, 2.05) is 0 Å². The van der Waals surface area contributed by atoms with Crippen molar-refractivity contribution in [2.24, 2.45) is 0 Å². The lowest BCUT2D eigenvalue weighted by Gasteiger charge is -2.18. The number of carbonyl (C=O) groups is 1. The zero-order valence-corrected chi connectivity index (χ0v) is 20.3. The number of Topliss-reactive ketones (excluding diaryl/α,β-unsaturated/α-hetero) is 1. The van der Waals surface area contributed by atoms with Gasteiger partial charge in [-0.1, -0.05) is 23.7 Å². The van der Waals surface area contributed by atoms with E-state index in [0.29, 0.717) is 22.7 Å². The molecule has 0 saturated heterocycles. The Balaban J connectivity index is 1.92.